The van der Waals surface area contributed by atoms with E-state index in [1.807, 2.05) is 6.07 Å². The Kier molecular flexibility index (Phi) is 6.74. The fraction of sp³-hybridized carbons (Fsp3) is 0.333. The van der Waals surface area contributed by atoms with Gasteiger partial charge in [0.15, 0.2) is 5.82 Å². The fourth-order valence-corrected chi connectivity index (χ4v) is 2.73. The van der Waals surface area contributed by atoms with Crippen molar-refractivity contribution in [3.63, 3.8) is 0 Å². The van der Waals surface area contributed by atoms with Crippen molar-refractivity contribution in [2.24, 2.45) is 0 Å². The second kappa shape index (κ2) is 9.00. The molecule has 2 aromatic rings. The van der Waals surface area contributed by atoms with Crippen LogP contribution < -0.4 is 10.6 Å². The first-order chi connectivity index (χ1) is 12.4. The summed E-state index contributed by atoms with van der Waals surface area (Å²) in [5, 5.41) is 16.8. The molecule has 1 aromatic heterocycles. The van der Waals surface area contributed by atoms with Crippen LogP contribution in [0.2, 0.25) is 0 Å². The molecule has 2 rings (SSSR count). The molecule has 0 saturated carbocycles. The van der Waals surface area contributed by atoms with E-state index in [0.29, 0.717) is 23.1 Å². The Bertz CT molecular complexity index is 790. The zero-order valence-electron chi connectivity index (χ0n) is 13.8. The number of nitriles is 1. The van der Waals surface area contributed by atoms with Gasteiger partial charge in [-0.15, -0.1) is 10.2 Å². The van der Waals surface area contributed by atoms with Gasteiger partial charge in [0.1, 0.15) is 5.75 Å². The molecule has 0 spiro atoms. The molecular formula is C15H16F2N6O2S. The van der Waals surface area contributed by atoms with E-state index >= 15 is 0 Å². The first-order valence-electron chi connectivity index (χ1n) is 7.41. The second-order valence-electron chi connectivity index (χ2n) is 5.09. The number of aromatic nitrogens is 3. The van der Waals surface area contributed by atoms with Crippen molar-refractivity contribution in [1.29, 1.82) is 5.26 Å². The van der Waals surface area contributed by atoms with Crippen LogP contribution in [0.3, 0.4) is 0 Å². The summed E-state index contributed by atoms with van der Waals surface area (Å²) in [7, 11) is 1.61. The number of carbonyl (C=O) groups excluding carboxylic acids is 1. The van der Waals surface area contributed by atoms with Crippen LogP contribution in [0.1, 0.15) is 6.42 Å². The standard InChI is InChI=1S/C15H16F2N6O2S/c1-22(8-2-7-18)12(24)9-26-15-21-20-13(23(15)19)10-3-5-11(6-4-10)25-14(16)17/h3-6,14H,2,8-9,19H2,1H3. The average molecular weight is 382 g/mol. The van der Waals surface area contributed by atoms with E-state index < -0.39 is 6.61 Å². The molecule has 8 nitrogen and oxygen atoms in total. The lowest BCUT2D eigenvalue weighted by atomic mass is 10.2. The number of nitrogens with zero attached hydrogens (tertiary/aromatic N) is 5. The lowest BCUT2D eigenvalue weighted by Crippen LogP contribution is -2.29. The summed E-state index contributed by atoms with van der Waals surface area (Å²) < 4.78 is 29.8. The van der Waals surface area contributed by atoms with Gasteiger partial charge in [-0.05, 0) is 24.3 Å². The minimum atomic E-state index is -2.90. The van der Waals surface area contributed by atoms with Crippen molar-refractivity contribution in [3.8, 4) is 23.2 Å². The Labute approximate surface area is 152 Å². The molecule has 11 heteroatoms. The monoisotopic (exact) mass is 382 g/mol. The summed E-state index contributed by atoms with van der Waals surface area (Å²) in [6.07, 6.45) is 0.259. The third-order valence-electron chi connectivity index (χ3n) is 3.31. The number of carbonyl (C=O) groups is 1. The van der Waals surface area contributed by atoms with Crippen LogP contribution in [0.25, 0.3) is 11.4 Å². The molecule has 0 aliphatic heterocycles. The SMILES string of the molecule is CN(CCC#N)C(=O)CSc1nnc(-c2ccc(OC(F)F)cc2)n1N. The molecular weight excluding hydrogens is 366 g/mol. The van der Waals surface area contributed by atoms with Gasteiger partial charge in [0.25, 0.3) is 0 Å². The van der Waals surface area contributed by atoms with Gasteiger partial charge in [-0.25, -0.2) is 4.68 Å². The highest BCUT2D eigenvalue weighted by atomic mass is 32.2. The highest BCUT2D eigenvalue weighted by Crippen LogP contribution is 2.24. The Morgan fingerprint density at radius 2 is 2.12 bits per heavy atom. The number of hydrogen-bond acceptors (Lipinski definition) is 7. The van der Waals surface area contributed by atoms with E-state index in [1.54, 1.807) is 7.05 Å². The smallest absolute Gasteiger partial charge is 0.387 e. The maximum absolute atomic E-state index is 12.2. The largest absolute Gasteiger partial charge is 0.435 e. The van der Waals surface area contributed by atoms with E-state index in [0.717, 1.165) is 11.8 Å². The Morgan fingerprint density at radius 1 is 1.42 bits per heavy atom. The molecule has 26 heavy (non-hydrogen) atoms. The number of alkyl halides is 2. The number of hydrogen-bond donors (Lipinski definition) is 1. The molecule has 0 unspecified atom stereocenters. The molecule has 0 saturated heterocycles. The van der Waals surface area contributed by atoms with E-state index in [-0.39, 0.29) is 23.8 Å². The molecule has 2 N–H and O–H groups in total. The second-order valence-corrected chi connectivity index (χ2v) is 6.03. The number of nitrogen functional groups attached to an aromatic ring is 1. The van der Waals surface area contributed by atoms with Crippen LogP contribution in [0, 0.1) is 11.3 Å². The van der Waals surface area contributed by atoms with Crippen LogP contribution in [-0.4, -0.2) is 51.6 Å². The fourth-order valence-electron chi connectivity index (χ4n) is 1.94. The predicted octanol–water partition coefficient (Wildman–Crippen LogP) is 1.72. The van der Waals surface area contributed by atoms with Gasteiger partial charge in [-0.2, -0.15) is 14.0 Å². The van der Waals surface area contributed by atoms with Crippen molar-refractivity contribution in [2.75, 3.05) is 25.2 Å². The van der Waals surface area contributed by atoms with E-state index in [4.69, 9.17) is 11.1 Å². The van der Waals surface area contributed by atoms with Gasteiger partial charge in [-0.3, -0.25) is 4.79 Å². The first kappa shape index (κ1) is 19.5. The molecule has 0 aliphatic rings. The van der Waals surface area contributed by atoms with Gasteiger partial charge in [0.05, 0.1) is 18.2 Å². The normalized spacial score (nSPS) is 10.6. The zero-order chi connectivity index (χ0) is 19.1. The predicted molar refractivity (Wildman–Crippen MR) is 90.8 cm³/mol. The zero-order valence-corrected chi connectivity index (χ0v) is 14.6. The molecule has 0 bridgehead atoms. The van der Waals surface area contributed by atoms with Gasteiger partial charge >= 0.3 is 6.61 Å². The van der Waals surface area contributed by atoms with E-state index in [2.05, 4.69) is 14.9 Å². The minimum Gasteiger partial charge on any atom is -0.435 e. The molecule has 1 aromatic carbocycles. The molecule has 138 valence electrons. The van der Waals surface area contributed by atoms with Gasteiger partial charge in [0.2, 0.25) is 11.1 Å². The minimum absolute atomic E-state index is 0.0208. The van der Waals surface area contributed by atoms with Crippen LogP contribution in [0.15, 0.2) is 29.4 Å². The van der Waals surface area contributed by atoms with Crippen LogP contribution >= 0.6 is 11.8 Å². The third kappa shape index (κ3) is 5.06. The summed E-state index contributed by atoms with van der Waals surface area (Å²) in [5.41, 5.74) is 0.561. The Morgan fingerprint density at radius 3 is 2.73 bits per heavy atom. The number of halogens is 2. The third-order valence-corrected chi connectivity index (χ3v) is 4.24. The van der Waals surface area contributed by atoms with Gasteiger partial charge in [0, 0.05) is 19.2 Å². The highest BCUT2D eigenvalue weighted by Gasteiger charge is 2.16. The number of thioether (sulfide) groups is 1. The molecule has 1 amide bonds. The summed E-state index contributed by atoms with van der Waals surface area (Å²) in [6.45, 7) is -2.55. The van der Waals surface area contributed by atoms with Gasteiger partial charge in [-0.1, -0.05) is 11.8 Å². The summed E-state index contributed by atoms with van der Waals surface area (Å²) >= 11 is 1.11. The lowest BCUT2D eigenvalue weighted by molar-refractivity contribution is -0.127. The van der Waals surface area contributed by atoms with Crippen molar-refractivity contribution >= 4 is 17.7 Å². The van der Waals surface area contributed by atoms with Crippen LogP contribution in [0.5, 0.6) is 5.75 Å². The molecule has 0 radical (unpaired) electrons. The first-order valence-corrected chi connectivity index (χ1v) is 8.40. The number of ether oxygens (including phenoxy) is 1. The van der Waals surface area contributed by atoms with Crippen molar-refractivity contribution in [2.45, 2.75) is 18.2 Å². The quantitative estimate of drug-likeness (QED) is 0.547. The highest BCUT2D eigenvalue weighted by molar-refractivity contribution is 7.99. The van der Waals surface area contributed by atoms with E-state index in [9.17, 15) is 13.6 Å². The summed E-state index contributed by atoms with van der Waals surface area (Å²) in [6, 6.07) is 7.77. The van der Waals surface area contributed by atoms with Crippen LogP contribution in [-0.2, 0) is 4.79 Å². The van der Waals surface area contributed by atoms with Crippen molar-refractivity contribution < 1.29 is 18.3 Å². The lowest BCUT2D eigenvalue weighted by Gasteiger charge is -2.14. The van der Waals surface area contributed by atoms with E-state index in [1.165, 1.54) is 33.8 Å². The van der Waals surface area contributed by atoms with Gasteiger partial charge < -0.3 is 15.5 Å². The molecule has 0 atom stereocenters. The summed E-state index contributed by atoms with van der Waals surface area (Å²) in [4.78, 5) is 13.4. The van der Waals surface area contributed by atoms with Crippen molar-refractivity contribution in [3.05, 3.63) is 24.3 Å². The van der Waals surface area contributed by atoms with Crippen molar-refractivity contribution in [1.82, 2.24) is 19.8 Å². The average Bonchev–Trinajstić information content (AvgIpc) is 2.98. The molecule has 0 aliphatic carbocycles. The molecule has 1 heterocycles. The summed E-state index contributed by atoms with van der Waals surface area (Å²) in [5.74, 6) is 6.22. The maximum atomic E-state index is 12.2. The van der Waals surface area contributed by atoms with Crippen LogP contribution in [0.4, 0.5) is 8.78 Å². The number of amides is 1. The Hall–Kier alpha value is -2.87. The topological polar surface area (TPSA) is 110 Å². The Balaban J connectivity index is 2.01. The number of rotatable bonds is 8. The number of benzene rings is 1. The number of nitrogens with two attached hydrogens (primary N) is 1. The maximum Gasteiger partial charge on any atom is 0.387 e. The molecule has 0 fully saturated rings.